The molecule has 1 atom stereocenters. The Morgan fingerprint density at radius 1 is 1.24 bits per heavy atom. The van der Waals surface area contributed by atoms with Gasteiger partial charge in [-0.05, 0) is 43.7 Å². The van der Waals surface area contributed by atoms with Crippen LogP contribution in [-0.4, -0.2) is 17.1 Å². The molecule has 150 valence electrons. The number of ether oxygens (including phenoxy) is 2. The molecule has 0 N–H and O–H groups in total. The lowest BCUT2D eigenvalue weighted by atomic mass is 9.82. The molecule has 3 rings (SSSR count). The fourth-order valence-corrected chi connectivity index (χ4v) is 3.17. The van der Waals surface area contributed by atoms with E-state index in [0.717, 1.165) is 12.1 Å². The predicted octanol–water partition coefficient (Wildman–Crippen LogP) is 4.85. The van der Waals surface area contributed by atoms with Crippen molar-refractivity contribution >= 4 is 11.9 Å². The standard InChI is InChI=1S/C21H17F3N2O3/c1-3-28-20(27)17-13(2)29-19(26-10-4-5-11-26)16(12-25)18(17)14-6-8-15(9-7-14)21(22,23)24/h4-11,18H,3H2,1-2H3. The minimum Gasteiger partial charge on any atom is -0.463 e. The summed E-state index contributed by atoms with van der Waals surface area (Å²) in [5, 5.41) is 9.84. The number of nitriles is 1. The van der Waals surface area contributed by atoms with Crippen LogP contribution < -0.4 is 0 Å². The maximum absolute atomic E-state index is 13.0. The van der Waals surface area contributed by atoms with Gasteiger partial charge in [-0.3, -0.25) is 4.57 Å². The molecule has 1 unspecified atom stereocenters. The average molecular weight is 402 g/mol. The molecule has 0 amide bonds. The van der Waals surface area contributed by atoms with Crippen LogP contribution in [0.15, 0.2) is 65.7 Å². The molecule has 1 aliphatic heterocycles. The Morgan fingerprint density at radius 2 is 1.86 bits per heavy atom. The summed E-state index contributed by atoms with van der Waals surface area (Å²) in [7, 11) is 0. The van der Waals surface area contributed by atoms with Gasteiger partial charge in [0.1, 0.15) is 17.4 Å². The lowest BCUT2D eigenvalue weighted by molar-refractivity contribution is -0.139. The highest BCUT2D eigenvalue weighted by atomic mass is 19.4. The topological polar surface area (TPSA) is 64.2 Å². The van der Waals surface area contributed by atoms with Gasteiger partial charge < -0.3 is 9.47 Å². The third kappa shape index (κ3) is 3.90. The molecule has 1 aliphatic rings. The zero-order valence-electron chi connectivity index (χ0n) is 15.7. The minimum atomic E-state index is -4.49. The number of allylic oxidation sites excluding steroid dienone is 2. The van der Waals surface area contributed by atoms with Crippen LogP contribution in [0.3, 0.4) is 0 Å². The van der Waals surface area contributed by atoms with E-state index in [4.69, 9.17) is 9.47 Å². The van der Waals surface area contributed by atoms with E-state index in [2.05, 4.69) is 6.07 Å². The molecule has 0 spiro atoms. The summed E-state index contributed by atoms with van der Waals surface area (Å²) < 4.78 is 51.3. The van der Waals surface area contributed by atoms with Crippen LogP contribution in [0.5, 0.6) is 0 Å². The zero-order valence-corrected chi connectivity index (χ0v) is 15.7. The Hall–Kier alpha value is -3.47. The van der Waals surface area contributed by atoms with Gasteiger partial charge in [0, 0.05) is 12.4 Å². The number of alkyl halides is 3. The van der Waals surface area contributed by atoms with Gasteiger partial charge in [0.05, 0.1) is 23.7 Å². The van der Waals surface area contributed by atoms with E-state index in [-0.39, 0.29) is 29.4 Å². The van der Waals surface area contributed by atoms with E-state index in [1.165, 1.54) is 12.1 Å². The molecule has 0 bridgehead atoms. The van der Waals surface area contributed by atoms with Crippen molar-refractivity contribution in [3.05, 3.63) is 76.8 Å². The van der Waals surface area contributed by atoms with Crippen LogP contribution >= 0.6 is 0 Å². The van der Waals surface area contributed by atoms with Crippen LogP contribution in [0.4, 0.5) is 13.2 Å². The lowest BCUT2D eigenvalue weighted by Gasteiger charge is -2.28. The van der Waals surface area contributed by atoms with Crippen LogP contribution in [0.25, 0.3) is 5.88 Å². The van der Waals surface area contributed by atoms with E-state index in [0.29, 0.717) is 5.56 Å². The lowest BCUT2D eigenvalue weighted by Crippen LogP contribution is -2.24. The van der Waals surface area contributed by atoms with E-state index in [1.54, 1.807) is 42.9 Å². The monoisotopic (exact) mass is 402 g/mol. The van der Waals surface area contributed by atoms with Gasteiger partial charge in [-0.15, -0.1) is 0 Å². The zero-order chi connectivity index (χ0) is 21.2. The van der Waals surface area contributed by atoms with Crippen LogP contribution in [0, 0.1) is 11.3 Å². The molecule has 0 fully saturated rings. The third-order valence-electron chi connectivity index (χ3n) is 4.46. The largest absolute Gasteiger partial charge is 0.463 e. The fourth-order valence-electron chi connectivity index (χ4n) is 3.17. The van der Waals surface area contributed by atoms with Gasteiger partial charge >= 0.3 is 12.1 Å². The number of aromatic nitrogens is 1. The van der Waals surface area contributed by atoms with E-state index in [9.17, 15) is 23.2 Å². The van der Waals surface area contributed by atoms with Gasteiger partial charge in [0.25, 0.3) is 0 Å². The van der Waals surface area contributed by atoms with Crippen molar-refractivity contribution in [2.45, 2.75) is 25.9 Å². The number of benzene rings is 1. The Labute approximate surface area is 165 Å². The van der Waals surface area contributed by atoms with E-state index >= 15 is 0 Å². The van der Waals surface area contributed by atoms with E-state index in [1.807, 2.05) is 0 Å². The number of hydrogen-bond acceptors (Lipinski definition) is 4. The summed E-state index contributed by atoms with van der Waals surface area (Å²) >= 11 is 0. The molecule has 5 nitrogen and oxygen atoms in total. The summed E-state index contributed by atoms with van der Waals surface area (Å²) in [5.41, 5.74) is -0.293. The third-order valence-corrected chi connectivity index (χ3v) is 4.46. The van der Waals surface area contributed by atoms with Gasteiger partial charge in [0.2, 0.25) is 5.88 Å². The molecule has 0 saturated heterocycles. The molecule has 2 heterocycles. The summed E-state index contributed by atoms with van der Waals surface area (Å²) in [4.78, 5) is 12.6. The smallest absolute Gasteiger partial charge is 0.416 e. The molecule has 29 heavy (non-hydrogen) atoms. The number of nitrogens with zero attached hydrogens (tertiary/aromatic N) is 2. The Bertz CT molecular complexity index is 1010. The first-order valence-corrected chi connectivity index (χ1v) is 8.78. The van der Waals surface area contributed by atoms with Crippen molar-refractivity contribution in [2.75, 3.05) is 6.61 Å². The number of carbonyl (C=O) groups excluding carboxylic acids is 1. The highest BCUT2D eigenvalue weighted by molar-refractivity contribution is 5.93. The van der Waals surface area contributed by atoms with Crippen molar-refractivity contribution in [1.82, 2.24) is 4.57 Å². The normalized spacial score (nSPS) is 17.0. The van der Waals surface area contributed by atoms with Crippen LogP contribution in [-0.2, 0) is 20.4 Å². The second-order valence-corrected chi connectivity index (χ2v) is 6.27. The number of rotatable bonds is 4. The van der Waals surface area contributed by atoms with Crippen LogP contribution in [0.2, 0.25) is 0 Å². The van der Waals surface area contributed by atoms with Crippen LogP contribution in [0.1, 0.15) is 30.9 Å². The van der Waals surface area contributed by atoms with Crippen molar-refractivity contribution in [1.29, 1.82) is 5.26 Å². The molecular formula is C21H17F3N2O3. The molecule has 1 aromatic heterocycles. The first-order valence-electron chi connectivity index (χ1n) is 8.78. The minimum absolute atomic E-state index is 0.0825. The highest BCUT2D eigenvalue weighted by Gasteiger charge is 2.38. The average Bonchev–Trinajstić information content (AvgIpc) is 3.21. The predicted molar refractivity (Wildman–Crippen MR) is 97.9 cm³/mol. The number of hydrogen-bond donors (Lipinski definition) is 0. The quantitative estimate of drug-likeness (QED) is 0.686. The summed E-state index contributed by atoms with van der Waals surface area (Å²) in [5.74, 6) is -1.20. The maximum Gasteiger partial charge on any atom is 0.416 e. The Balaban J connectivity index is 2.18. The Morgan fingerprint density at radius 3 is 2.38 bits per heavy atom. The van der Waals surface area contributed by atoms with Gasteiger partial charge in [-0.1, -0.05) is 12.1 Å². The molecule has 0 aliphatic carbocycles. The maximum atomic E-state index is 13.0. The van der Waals surface area contributed by atoms with Crippen molar-refractivity contribution in [3.63, 3.8) is 0 Å². The number of halogens is 3. The highest BCUT2D eigenvalue weighted by Crippen LogP contribution is 2.42. The van der Waals surface area contributed by atoms with Gasteiger partial charge in [-0.25, -0.2) is 4.79 Å². The molecule has 0 radical (unpaired) electrons. The summed E-state index contributed by atoms with van der Waals surface area (Å²) in [6.07, 6.45) is -1.16. The molecular weight excluding hydrogens is 385 g/mol. The number of carbonyl (C=O) groups is 1. The van der Waals surface area contributed by atoms with Crippen molar-refractivity contribution in [3.8, 4) is 6.07 Å². The SMILES string of the molecule is CCOC(=O)C1=C(C)OC(n2cccc2)=C(C#N)C1c1ccc(C(F)(F)F)cc1. The second-order valence-electron chi connectivity index (χ2n) is 6.27. The second kappa shape index (κ2) is 7.87. The van der Waals surface area contributed by atoms with Crippen molar-refractivity contribution < 1.29 is 27.4 Å². The van der Waals surface area contributed by atoms with E-state index < -0.39 is 23.6 Å². The molecule has 1 aromatic carbocycles. The first kappa shape index (κ1) is 20.3. The molecule has 2 aromatic rings. The summed E-state index contributed by atoms with van der Waals surface area (Å²) in [6.45, 7) is 3.29. The first-order chi connectivity index (χ1) is 13.8. The summed E-state index contributed by atoms with van der Waals surface area (Å²) in [6, 6.07) is 9.89. The van der Waals surface area contributed by atoms with Crippen molar-refractivity contribution in [2.24, 2.45) is 0 Å². The molecule has 8 heteroatoms. The Kier molecular flexibility index (Phi) is 5.50. The number of esters is 1. The molecule has 0 saturated carbocycles. The van der Waals surface area contributed by atoms with Gasteiger partial charge in [0.15, 0.2) is 0 Å². The fraction of sp³-hybridized carbons (Fsp3) is 0.238. The van der Waals surface area contributed by atoms with Gasteiger partial charge in [-0.2, -0.15) is 18.4 Å².